The van der Waals surface area contributed by atoms with Crippen LogP contribution in [0.3, 0.4) is 0 Å². The molecule has 1 nitrogen and oxygen atoms in total. The Hall–Kier alpha value is -2.07. The normalized spacial score (nSPS) is 20.9. The SMILES string of the molecule is CC(C)c1ccc(C(C)(C)CCC(C)C2CCCC(CC(C)c3ccccc3C#N)C2)cc1. The summed E-state index contributed by atoms with van der Waals surface area (Å²) >= 11 is 0. The standard InChI is InChI=1S/C32H45N/c1-23(2)27-14-16-30(17-15-27)32(5,6)19-18-24(3)28-12-9-10-26(21-28)20-25(4)31-13-8-7-11-29(31)22-33/h7-8,11,13-17,23-26,28H,9-10,12,18-21H2,1-6H3. The van der Waals surface area contributed by atoms with Crippen LogP contribution in [0.5, 0.6) is 0 Å². The molecule has 1 saturated carbocycles. The molecular formula is C32H45N. The van der Waals surface area contributed by atoms with E-state index in [0.717, 1.165) is 23.3 Å². The first kappa shape index (κ1) is 25.6. The van der Waals surface area contributed by atoms with E-state index in [1.807, 2.05) is 12.1 Å². The second-order valence-corrected chi connectivity index (χ2v) is 11.8. The number of hydrogen-bond acceptors (Lipinski definition) is 1. The number of benzene rings is 2. The van der Waals surface area contributed by atoms with Crippen LogP contribution in [0.15, 0.2) is 48.5 Å². The maximum Gasteiger partial charge on any atom is 0.0994 e. The van der Waals surface area contributed by atoms with Crippen molar-refractivity contribution in [1.29, 1.82) is 5.26 Å². The van der Waals surface area contributed by atoms with Crippen LogP contribution in [0.4, 0.5) is 0 Å². The second kappa shape index (κ2) is 11.4. The highest BCUT2D eigenvalue weighted by atomic mass is 14.3. The average Bonchev–Trinajstić information content (AvgIpc) is 2.82. The lowest BCUT2D eigenvalue weighted by molar-refractivity contribution is 0.178. The Bertz CT molecular complexity index is 914. The van der Waals surface area contributed by atoms with Gasteiger partial charge in [-0.25, -0.2) is 0 Å². The predicted octanol–water partition coefficient (Wildman–Crippen LogP) is 9.38. The molecule has 0 aromatic heterocycles. The average molecular weight is 444 g/mol. The Morgan fingerprint density at radius 3 is 2.33 bits per heavy atom. The van der Waals surface area contributed by atoms with Gasteiger partial charge in [0.15, 0.2) is 0 Å². The molecule has 0 aliphatic heterocycles. The van der Waals surface area contributed by atoms with E-state index in [4.69, 9.17) is 0 Å². The first-order valence-electron chi connectivity index (χ1n) is 13.3. The van der Waals surface area contributed by atoms with Crippen molar-refractivity contribution in [2.75, 3.05) is 0 Å². The topological polar surface area (TPSA) is 23.8 Å². The van der Waals surface area contributed by atoms with Gasteiger partial charge in [0.25, 0.3) is 0 Å². The molecule has 0 N–H and O–H groups in total. The predicted molar refractivity (Wildman–Crippen MR) is 142 cm³/mol. The van der Waals surface area contributed by atoms with Crippen LogP contribution in [0.1, 0.15) is 121 Å². The largest absolute Gasteiger partial charge is 0.192 e. The van der Waals surface area contributed by atoms with Crippen molar-refractivity contribution in [3.8, 4) is 6.07 Å². The third-order valence-corrected chi connectivity index (χ3v) is 8.51. The Labute approximate surface area is 203 Å². The summed E-state index contributed by atoms with van der Waals surface area (Å²) in [4.78, 5) is 0. The summed E-state index contributed by atoms with van der Waals surface area (Å²) in [6, 6.07) is 19.9. The van der Waals surface area contributed by atoms with Gasteiger partial charge in [0, 0.05) is 0 Å². The van der Waals surface area contributed by atoms with Gasteiger partial charge in [-0.2, -0.15) is 5.26 Å². The summed E-state index contributed by atoms with van der Waals surface area (Å²) in [7, 11) is 0. The molecule has 1 fully saturated rings. The highest BCUT2D eigenvalue weighted by Gasteiger charge is 2.29. The van der Waals surface area contributed by atoms with Crippen LogP contribution < -0.4 is 0 Å². The second-order valence-electron chi connectivity index (χ2n) is 11.8. The minimum atomic E-state index is 0.230. The number of nitrogens with zero attached hydrogens (tertiary/aromatic N) is 1. The molecule has 33 heavy (non-hydrogen) atoms. The molecule has 4 atom stereocenters. The molecule has 0 bridgehead atoms. The lowest BCUT2D eigenvalue weighted by Crippen LogP contribution is -2.25. The Morgan fingerprint density at radius 1 is 0.970 bits per heavy atom. The van der Waals surface area contributed by atoms with Crippen LogP contribution >= 0.6 is 0 Å². The lowest BCUT2D eigenvalue weighted by Gasteiger charge is -2.36. The van der Waals surface area contributed by atoms with E-state index in [1.54, 1.807) is 0 Å². The molecule has 0 spiro atoms. The number of hydrogen-bond donors (Lipinski definition) is 0. The summed E-state index contributed by atoms with van der Waals surface area (Å²) in [6.07, 6.45) is 9.26. The van der Waals surface area contributed by atoms with Gasteiger partial charge in [0.2, 0.25) is 0 Å². The van der Waals surface area contributed by atoms with Crippen molar-refractivity contribution < 1.29 is 0 Å². The Morgan fingerprint density at radius 2 is 1.67 bits per heavy atom. The third kappa shape index (κ3) is 6.72. The minimum absolute atomic E-state index is 0.230. The fourth-order valence-electron chi connectivity index (χ4n) is 6.01. The smallest absolute Gasteiger partial charge is 0.0994 e. The van der Waals surface area contributed by atoms with Gasteiger partial charge in [-0.15, -0.1) is 0 Å². The van der Waals surface area contributed by atoms with E-state index in [2.05, 4.69) is 84.0 Å². The van der Waals surface area contributed by atoms with Crippen molar-refractivity contribution in [1.82, 2.24) is 0 Å². The van der Waals surface area contributed by atoms with Gasteiger partial charge in [-0.05, 0) is 83.4 Å². The van der Waals surface area contributed by atoms with E-state index in [-0.39, 0.29) is 5.41 Å². The summed E-state index contributed by atoms with van der Waals surface area (Å²) in [6.45, 7) is 14.2. The lowest BCUT2D eigenvalue weighted by atomic mass is 9.70. The molecule has 3 rings (SSSR count). The molecule has 178 valence electrons. The van der Waals surface area contributed by atoms with E-state index < -0.39 is 0 Å². The monoisotopic (exact) mass is 443 g/mol. The number of nitriles is 1. The molecule has 1 heteroatoms. The highest BCUT2D eigenvalue weighted by Crippen LogP contribution is 2.41. The van der Waals surface area contributed by atoms with Crippen molar-refractivity contribution >= 4 is 0 Å². The van der Waals surface area contributed by atoms with Crippen LogP contribution in [0, 0.1) is 29.1 Å². The zero-order chi connectivity index (χ0) is 24.0. The van der Waals surface area contributed by atoms with E-state index in [9.17, 15) is 5.26 Å². The molecule has 1 aliphatic carbocycles. The summed E-state index contributed by atoms with van der Waals surface area (Å²) < 4.78 is 0. The zero-order valence-corrected chi connectivity index (χ0v) is 21.9. The zero-order valence-electron chi connectivity index (χ0n) is 21.9. The van der Waals surface area contributed by atoms with E-state index in [0.29, 0.717) is 11.8 Å². The maximum atomic E-state index is 9.48. The number of rotatable bonds is 9. The third-order valence-electron chi connectivity index (χ3n) is 8.51. The van der Waals surface area contributed by atoms with E-state index >= 15 is 0 Å². The van der Waals surface area contributed by atoms with Crippen molar-refractivity contribution in [3.63, 3.8) is 0 Å². The molecule has 1 aliphatic rings. The minimum Gasteiger partial charge on any atom is -0.192 e. The molecule has 4 unspecified atom stereocenters. The van der Waals surface area contributed by atoms with Gasteiger partial charge in [0.05, 0.1) is 11.6 Å². The van der Waals surface area contributed by atoms with Gasteiger partial charge in [-0.3, -0.25) is 0 Å². The van der Waals surface area contributed by atoms with E-state index in [1.165, 1.54) is 61.6 Å². The van der Waals surface area contributed by atoms with Crippen molar-refractivity contribution in [2.24, 2.45) is 17.8 Å². The van der Waals surface area contributed by atoms with Crippen LogP contribution in [-0.4, -0.2) is 0 Å². The summed E-state index contributed by atoms with van der Waals surface area (Å²) in [5.74, 6) is 3.49. The molecule has 0 radical (unpaired) electrons. The van der Waals surface area contributed by atoms with Crippen molar-refractivity contribution in [3.05, 3.63) is 70.8 Å². The first-order chi connectivity index (χ1) is 15.7. The van der Waals surface area contributed by atoms with Crippen LogP contribution in [-0.2, 0) is 5.41 Å². The summed E-state index contributed by atoms with van der Waals surface area (Å²) in [5, 5.41) is 9.48. The van der Waals surface area contributed by atoms with Crippen LogP contribution in [0.25, 0.3) is 0 Å². The molecular weight excluding hydrogens is 398 g/mol. The Balaban J connectivity index is 1.54. The molecule has 2 aromatic carbocycles. The molecule has 2 aromatic rings. The van der Waals surface area contributed by atoms with Crippen LogP contribution in [0.2, 0.25) is 0 Å². The van der Waals surface area contributed by atoms with Gasteiger partial charge in [0.1, 0.15) is 0 Å². The first-order valence-corrected chi connectivity index (χ1v) is 13.3. The highest BCUT2D eigenvalue weighted by molar-refractivity contribution is 5.39. The van der Waals surface area contributed by atoms with Gasteiger partial charge < -0.3 is 0 Å². The van der Waals surface area contributed by atoms with Gasteiger partial charge in [-0.1, -0.05) is 103 Å². The van der Waals surface area contributed by atoms with Gasteiger partial charge >= 0.3 is 0 Å². The quantitative estimate of drug-likeness (QED) is 0.378. The molecule has 0 saturated heterocycles. The summed E-state index contributed by atoms with van der Waals surface area (Å²) in [5.41, 5.74) is 5.23. The fraction of sp³-hybridized carbons (Fsp3) is 0.594. The Kier molecular flexibility index (Phi) is 8.81. The molecule has 0 amide bonds. The fourth-order valence-corrected chi connectivity index (χ4v) is 6.01. The maximum absolute atomic E-state index is 9.48. The van der Waals surface area contributed by atoms with Crippen molar-refractivity contribution in [2.45, 2.75) is 104 Å². The molecule has 0 heterocycles.